The van der Waals surface area contributed by atoms with Crippen molar-refractivity contribution >= 4 is 17.7 Å². The second kappa shape index (κ2) is 9.07. The van der Waals surface area contributed by atoms with E-state index in [1.165, 1.54) is 7.11 Å². The van der Waals surface area contributed by atoms with Gasteiger partial charge in [0.25, 0.3) is 0 Å². The maximum absolute atomic E-state index is 11.5. The van der Waals surface area contributed by atoms with Gasteiger partial charge in [-0.25, -0.2) is 9.78 Å². The van der Waals surface area contributed by atoms with Crippen molar-refractivity contribution in [2.45, 2.75) is 10.6 Å². The molecule has 5 nitrogen and oxygen atoms in total. The molecule has 0 bridgehead atoms. The van der Waals surface area contributed by atoms with Crippen molar-refractivity contribution in [3.63, 3.8) is 0 Å². The molecule has 0 fully saturated rings. The van der Waals surface area contributed by atoms with Crippen LogP contribution in [0.1, 0.15) is 21.5 Å². The highest BCUT2D eigenvalue weighted by atomic mass is 32.2. The van der Waals surface area contributed by atoms with Crippen LogP contribution in [0.3, 0.4) is 0 Å². The summed E-state index contributed by atoms with van der Waals surface area (Å²) in [4.78, 5) is 16.7. The van der Waals surface area contributed by atoms with Crippen LogP contribution in [0.5, 0.6) is 5.88 Å². The average molecular weight is 390 g/mol. The summed E-state index contributed by atoms with van der Waals surface area (Å²) in [6.07, 6.45) is 1.75. The number of pyridine rings is 1. The van der Waals surface area contributed by atoms with Crippen molar-refractivity contribution in [2.24, 2.45) is 0 Å². The topological polar surface area (TPSA) is 72.2 Å². The summed E-state index contributed by atoms with van der Waals surface area (Å²) >= 11 is 1.58. The first kappa shape index (κ1) is 19.5. The summed E-state index contributed by atoms with van der Waals surface area (Å²) in [5.41, 5.74) is 4.13. The molecule has 0 unspecified atom stereocenters. The molecule has 0 saturated heterocycles. The highest BCUT2D eigenvalue weighted by Crippen LogP contribution is 2.31. The molecule has 0 radical (unpaired) electrons. The van der Waals surface area contributed by atoms with E-state index < -0.39 is 0 Å². The number of thioether (sulfide) groups is 1. The predicted molar refractivity (Wildman–Crippen MR) is 108 cm³/mol. The van der Waals surface area contributed by atoms with Crippen molar-refractivity contribution < 1.29 is 14.3 Å². The number of carbonyl (C=O) groups excluding carboxylic acids is 1. The second-order valence-electron chi connectivity index (χ2n) is 5.89. The van der Waals surface area contributed by atoms with E-state index in [-0.39, 0.29) is 5.97 Å². The molecular weight excluding hydrogens is 372 g/mol. The van der Waals surface area contributed by atoms with Crippen LogP contribution in [0, 0.1) is 11.3 Å². The Kier molecular flexibility index (Phi) is 6.30. The molecular formula is C22H18N2O3S. The van der Waals surface area contributed by atoms with E-state index in [1.807, 2.05) is 42.5 Å². The van der Waals surface area contributed by atoms with Gasteiger partial charge in [-0.05, 0) is 41.5 Å². The number of nitriles is 1. The minimum absolute atomic E-state index is 0.355. The number of nitrogens with zero attached hydrogens (tertiary/aromatic N) is 2. The Morgan fingerprint density at radius 3 is 2.43 bits per heavy atom. The molecule has 0 N–H and O–H groups in total. The van der Waals surface area contributed by atoms with E-state index in [4.69, 9.17) is 9.47 Å². The molecule has 28 heavy (non-hydrogen) atoms. The molecule has 0 amide bonds. The number of carbonyl (C=O) groups is 1. The van der Waals surface area contributed by atoms with Gasteiger partial charge in [0, 0.05) is 28.5 Å². The van der Waals surface area contributed by atoms with Crippen LogP contribution < -0.4 is 4.74 Å². The van der Waals surface area contributed by atoms with Crippen LogP contribution in [0.4, 0.5) is 0 Å². The van der Waals surface area contributed by atoms with Crippen LogP contribution in [-0.4, -0.2) is 25.2 Å². The summed E-state index contributed by atoms with van der Waals surface area (Å²) in [6, 6.07) is 19.0. The van der Waals surface area contributed by atoms with Gasteiger partial charge in [-0.3, -0.25) is 0 Å². The molecule has 0 atom stereocenters. The monoisotopic (exact) mass is 390 g/mol. The Labute approximate surface area is 167 Å². The SMILES string of the molecule is COC(=O)c1ccc(CSc2cc(-c3ccc(OC)nc3)ccc2C#N)cc1. The van der Waals surface area contributed by atoms with Crippen LogP contribution in [0.2, 0.25) is 0 Å². The lowest BCUT2D eigenvalue weighted by Crippen LogP contribution is -2.00. The molecule has 0 aliphatic carbocycles. The molecule has 2 aromatic carbocycles. The number of aromatic nitrogens is 1. The molecule has 0 aliphatic heterocycles. The van der Waals surface area contributed by atoms with Gasteiger partial charge in [0.15, 0.2) is 0 Å². The Morgan fingerprint density at radius 2 is 1.82 bits per heavy atom. The smallest absolute Gasteiger partial charge is 0.337 e. The molecule has 1 aromatic heterocycles. The van der Waals surface area contributed by atoms with Gasteiger partial charge in [-0.2, -0.15) is 5.26 Å². The summed E-state index contributed by atoms with van der Waals surface area (Å²) in [5, 5.41) is 9.43. The third-order valence-electron chi connectivity index (χ3n) is 4.15. The number of ether oxygens (including phenoxy) is 2. The van der Waals surface area contributed by atoms with E-state index in [0.29, 0.717) is 22.8 Å². The third kappa shape index (κ3) is 4.51. The summed E-state index contributed by atoms with van der Waals surface area (Å²) < 4.78 is 9.81. The number of esters is 1. The first-order valence-corrected chi connectivity index (χ1v) is 9.47. The van der Waals surface area contributed by atoms with E-state index in [9.17, 15) is 10.1 Å². The number of hydrogen-bond acceptors (Lipinski definition) is 6. The van der Waals surface area contributed by atoms with E-state index in [1.54, 1.807) is 37.2 Å². The van der Waals surface area contributed by atoms with Gasteiger partial charge in [0.2, 0.25) is 5.88 Å². The molecule has 6 heteroatoms. The van der Waals surface area contributed by atoms with Crippen LogP contribution in [0.15, 0.2) is 65.7 Å². The lowest BCUT2D eigenvalue weighted by atomic mass is 10.1. The molecule has 0 aliphatic rings. The lowest BCUT2D eigenvalue weighted by molar-refractivity contribution is 0.0600. The van der Waals surface area contributed by atoms with E-state index in [0.717, 1.165) is 21.6 Å². The van der Waals surface area contributed by atoms with Gasteiger partial charge >= 0.3 is 5.97 Å². The zero-order valence-electron chi connectivity index (χ0n) is 15.5. The molecule has 1 heterocycles. The quantitative estimate of drug-likeness (QED) is 0.448. The maximum Gasteiger partial charge on any atom is 0.337 e. The van der Waals surface area contributed by atoms with Crippen LogP contribution in [-0.2, 0) is 10.5 Å². The fraction of sp³-hybridized carbons (Fsp3) is 0.136. The van der Waals surface area contributed by atoms with Gasteiger partial charge < -0.3 is 9.47 Å². The normalized spacial score (nSPS) is 10.2. The Morgan fingerprint density at radius 1 is 1.07 bits per heavy atom. The highest BCUT2D eigenvalue weighted by Gasteiger charge is 2.09. The van der Waals surface area contributed by atoms with Gasteiger partial charge in [0.05, 0.1) is 25.3 Å². The molecule has 140 valence electrons. The van der Waals surface area contributed by atoms with Crippen molar-refractivity contribution in [3.05, 3.63) is 77.5 Å². The summed E-state index contributed by atoms with van der Waals surface area (Å²) in [5.74, 6) is 0.884. The third-order valence-corrected chi connectivity index (χ3v) is 5.28. The highest BCUT2D eigenvalue weighted by molar-refractivity contribution is 7.98. The van der Waals surface area contributed by atoms with Crippen molar-refractivity contribution in [3.8, 4) is 23.1 Å². The molecule has 0 saturated carbocycles. The van der Waals surface area contributed by atoms with E-state index >= 15 is 0 Å². The first-order valence-electron chi connectivity index (χ1n) is 8.49. The summed E-state index contributed by atoms with van der Waals surface area (Å²) in [7, 11) is 2.94. The van der Waals surface area contributed by atoms with Crippen molar-refractivity contribution in [1.82, 2.24) is 4.98 Å². The molecule has 3 rings (SSSR count). The minimum Gasteiger partial charge on any atom is -0.481 e. The van der Waals surface area contributed by atoms with Gasteiger partial charge in [0.1, 0.15) is 6.07 Å². The average Bonchev–Trinajstić information content (AvgIpc) is 2.77. The summed E-state index contributed by atoms with van der Waals surface area (Å²) in [6.45, 7) is 0. The zero-order valence-corrected chi connectivity index (χ0v) is 16.3. The molecule has 0 spiro atoms. The van der Waals surface area contributed by atoms with Crippen LogP contribution in [0.25, 0.3) is 11.1 Å². The number of methoxy groups -OCH3 is 2. The Balaban J connectivity index is 1.78. The van der Waals surface area contributed by atoms with Crippen LogP contribution >= 0.6 is 11.8 Å². The number of hydrogen-bond donors (Lipinski definition) is 0. The standard InChI is InChI=1S/C22H18N2O3S/c1-26-21-10-9-19(13-24-21)17-7-8-18(12-23)20(11-17)28-14-15-3-5-16(6-4-15)22(25)27-2/h3-11,13H,14H2,1-2H3. The number of rotatable bonds is 6. The largest absolute Gasteiger partial charge is 0.481 e. The maximum atomic E-state index is 11.5. The first-order chi connectivity index (χ1) is 13.6. The fourth-order valence-corrected chi connectivity index (χ4v) is 3.60. The number of benzene rings is 2. The Hall–Kier alpha value is -3.30. The fourth-order valence-electron chi connectivity index (χ4n) is 2.60. The van der Waals surface area contributed by atoms with Gasteiger partial charge in [-0.15, -0.1) is 11.8 Å². The van der Waals surface area contributed by atoms with Gasteiger partial charge in [-0.1, -0.05) is 18.2 Å². The van der Waals surface area contributed by atoms with Crippen molar-refractivity contribution in [2.75, 3.05) is 14.2 Å². The predicted octanol–water partition coefficient (Wildman–Crippen LogP) is 4.71. The minimum atomic E-state index is -0.355. The van der Waals surface area contributed by atoms with E-state index in [2.05, 4.69) is 11.1 Å². The second-order valence-corrected chi connectivity index (χ2v) is 6.91. The van der Waals surface area contributed by atoms with Crippen molar-refractivity contribution in [1.29, 1.82) is 5.26 Å². The molecule has 3 aromatic rings. The lowest BCUT2D eigenvalue weighted by Gasteiger charge is -2.09. The zero-order chi connectivity index (χ0) is 19.9. The Bertz CT molecular complexity index is 1010.